The highest BCUT2D eigenvalue weighted by Crippen LogP contribution is 2.23. The zero-order valence-corrected chi connectivity index (χ0v) is 13.0. The minimum atomic E-state index is -0.127. The van der Waals surface area contributed by atoms with Crippen LogP contribution in [0.1, 0.15) is 5.56 Å². The van der Waals surface area contributed by atoms with Gasteiger partial charge in [0.1, 0.15) is 0 Å². The van der Waals surface area contributed by atoms with Crippen molar-refractivity contribution in [1.29, 1.82) is 0 Å². The van der Waals surface area contributed by atoms with Gasteiger partial charge in [-0.3, -0.25) is 4.79 Å². The molecule has 6 heteroatoms. The lowest BCUT2D eigenvalue weighted by atomic mass is 10.1. The van der Waals surface area contributed by atoms with E-state index in [0.29, 0.717) is 17.1 Å². The van der Waals surface area contributed by atoms with Crippen molar-refractivity contribution < 1.29 is 0 Å². The predicted octanol–water partition coefficient (Wildman–Crippen LogP) is 2.51. The highest BCUT2D eigenvalue weighted by atomic mass is 35.5. The first-order valence-corrected chi connectivity index (χ1v) is 7.46. The van der Waals surface area contributed by atoms with Crippen LogP contribution in [0.2, 0.25) is 5.02 Å². The molecular formula is C16H17ClN4O. The Kier molecular flexibility index (Phi) is 4.27. The fraction of sp³-hybridized carbons (Fsp3) is 0.250. The quantitative estimate of drug-likeness (QED) is 0.787. The summed E-state index contributed by atoms with van der Waals surface area (Å²) in [7, 11) is 1.97. The van der Waals surface area contributed by atoms with E-state index in [1.54, 1.807) is 12.5 Å². The maximum atomic E-state index is 12.2. The molecule has 0 amide bonds. The van der Waals surface area contributed by atoms with Crippen molar-refractivity contribution in [3.05, 3.63) is 63.9 Å². The number of nitrogens with zero attached hydrogens (tertiary/aromatic N) is 3. The summed E-state index contributed by atoms with van der Waals surface area (Å²) in [4.78, 5) is 21.2. The standard InChI is InChI=1S/C16H17ClN4O/c1-20(8-9-21-7-6-18-11-21)10-13-15(17)12-4-2-3-5-14(12)19-16(13)22/h2-7,11H,8-10H2,1H3,(H,19,22). The van der Waals surface area contributed by atoms with Crippen LogP contribution in [0.5, 0.6) is 0 Å². The van der Waals surface area contributed by atoms with Gasteiger partial charge in [-0.1, -0.05) is 29.8 Å². The second-order valence-electron chi connectivity index (χ2n) is 5.33. The van der Waals surface area contributed by atoms with E-state index in [4.69, 9.17) is 11.6 Å². The molecule has 2 aromatic heterocycles. The number of nitrogens with one attached hydrogen (secondary N) is 1. The lowest BCUT2D eigenvalue weighted by molar-refractivity contribution is 0.310. The predicted molar refractivity (Wildman–Crippen MR) is 88.1 cm³/mol. The van der Waals surface area contributed by atoms with E-state index in [9.17, 15) is 4.79 Å². The Hall–Kier alpha value is -2.11. The molecule has 0 spiro atoms. The number of hydrogen-bond donors (Lipinski definition) is 1. The summed E-state index contributed by atoms with van der Waals surface area (Å²) in [6.45, 7) is 2.13. The van der Waals surface area contributed by atoms with Crippen molar-refractivity contribution >= 4 is 22.5 Å². The molecule has 0 fully saturated rings. The van der Waals surface area contributed by atoms with E-state index in [1.807, 2.05) is 42.1 Å². The molecule has 0 aliphatic heterocycles. The van der Waals surface area contributed by atoms with Crippen LogP contribution in [-0.4, -0.2) is 33.0 Å². The van der Waals surface area contributed by atoms with Gasteiger partial charge in [-0.05, 0) is 13.1 Å². The largest absolute Gasteiger partial charge is 0.336 e. The van der Waals surface area contributed by atoms with Crippen molar-refractivity contribution in [2.45, 2.75) is 13.1 Å². The number of para-hydroxylation sites is 1. The second-order valence-corrected chi connectivity index (χ2v) is 5.71. The molecule has 0 saturated heterocycles. The number of aromatic amines is 1. The van der Waals surface area contributed by atoms with Crippen LogP contribution in [0, 0.1) is 0 Å². The van der Waals surface area contributed by atoms with Gasteiger partial charge in [0.15, 0.2) is 0 Å². The monoisotopic (exact) mass is 316 g/mol. The van der Waals surface area contributed by atoms with Crippen LogP contribution in [0.15, 0.2) is 47.8 Å². The van der Waals surface area contributed by atoms with Crippen LogP contribution < -0.4 is 5.56 Å². The zero-order valence-electron chi connectivity index (χ0n) is 12.3. The molecule has 0 aliphatic carbocycles. The maximum Gasteiger partial charge on any atom is 0.254 e. The van der Waals surface area contributed by atoms with Gasteiger partial charge < -0.3 is 14.5 Å². The van der Waals surface area contributed by atoms with E-state index in [1.165, 1.54) is 0 Å². The first kappa shape index (κ1) is 14.8. The molecule has 0 bridgehead atoms. The number of likely N-dealkylation sites (N-methyl/N-ethyl adjacent to an activating group) is 1. The van der Waals surface area contributed by atoms with Crippen molar-refractivity contribution in [2.75, 3.05) is 13.6 Å². The summed E-state index contributed by atoms with van der Waals surface area (Å²) < 4.78 is 2.00. The van der Waals surface area contributed by atoms with Crippen LogP contribution >= 0.6 is 11.6 Å². The van der Waals surface area contributed by atoms with Crippen molar-refractivity contribution in [1.82, 2.24) is 19.4 Å². The van der Waals surface area contributed by atoms with Crippen molar-refractivity contribution in [2.24, 2.45) is 0 Å². The van der Waals surface area contributed by atoms with E-state index in [-0.39, 0.29) is 5.56 Å². The number of imidazole rings is 1. The fourth-order valence-corrected chi connectivity index (χ4v) is 2.75. The van der Waals surface area contributed by atoms with E-state index in [2.05, 4.69) is 14.9 Å². The molecule has 0 atom stereocenters. The maximum absolute atomic E-state index is 12.2. The third-order valence-corrected chi connectivity index (χ3v) is 4.11. The van der Waals surface area contributed by atoms with Crippen LogP contribution in [0.3, 0.4) is 0 Å². The molecule has 0 unspecified atom stereocenters. The average Bonchev–Trinajstić information content (AvgIpc) is 3.03. The number of aromatic nitrogens is 3. The van der Waals surface area contributed by atoms with Gasteiger partial charge in [0, 0.05) is 42.9 Å². The molecule has 0 aliphatic rings. The van der Waals surface area contributed by atoms with E-state index < -0.39 is 0 Å². The van der Waals surface area contributed by atoms with Gasteiger partial charge in [0.25, 0.3) is 5.56 Å². The molecule has 1 aromatic carbocycles. The first-order valence-electron chi connectivity index (χ1n) is 7.09. The summed E-state index contributed by atoms with van der Waals surface area (Å²) in [5.74, 6) is 0. The zero-order chi connectivity index (χ0) is 15.5. The summed E-state index contributed by atoms with van der Waals surface area (Å²) in [5.41, 5.74) is 1.24. The minimum Gasteiger partial charge on any atom is -0.336 e. The smallest absolute Gasteiger partial charge is 0.254 e. The van der Waals surface area contributed by atoms with Gasteiger partial charge in [0.2, 0.25) is 0 Å². The van der Waals surface area contributed by atoms with Gasteiger partial charge in [-0.2, -0.15) is 0 Å². The summed E-state index contributed by atoms with van der Waals surface area (Å²) in [6.07, 6.45) is 5.46. The van der Waals surface area contributed by atoms with Crippen molar-refractivity contribution in [3.8, 4) is 0 Å². The molecule has 3 aromatic rings. The number of benzene rings is 1. The van der Waals surface area contributed by atoms with Gasteiger partial charge in [-0.15, -0.1) is 0 Å². The molecule has 0 radical (unpaired) electrons. The summed E-state index contributed by atoms with van der Waals surface area (Å²) in [5, 5.41) is 1.41. The highest BCUT2D eigenvalue weighted by molar-refractivity contribution is 6.36. The second kappa shape index (κ2) is 6.34. The molecule has 1 N–H and O–H groups in total. The number of pyridine rings is 1. The Bertz CT molecular complexity index is 826. The number of H-pyrrole nitrogens is 1. The lowest BCUT2D eigenvalue weighted by Gasteiger charge is -2.17. The number of rotatable bonds is 5. The van der Waals surface area contributed by atoms with Gasteiger partial charge in [-0.25, -0.2) is 4.98 Å². The molecule has 2 heterocycles. The van der Waals surface area contributed by atoms with E-state index in [0.717, 1.165) is 24.0 Å². The van der Waals surface area contributed by atoms with E-state index >= 15 is 0 Å². The Labute approximate surface area is 133 Å². The van der Waals surface area contributed by atoms with Crippen LogP contribution in [-0.2, 0) is 13.1 Å². The van der Waals surface area contributed by atoms with Gasteiger partial charge in [0.05, 0.1) is 16.9 Å². The third kappa shape index (κ3) is 3.05. The third-order valence-electron chi connectivity index (χ3n) is 3.68. The Morgan fingerprint density at radius 1 is 1.36 bits per heavy atom. The summed E-state index contributed by atoms with van der Waals surface area (Å²) >= 11 is 6.43. The highest BCUT2D eigenvalue weighted by Gasteiger charge is 2.12. The normalized spacial score (nSPS) is 11.4. The minimum absolute atomic E-state index is 0.127. The Morgan fingerprint density at radius 3 is 2.95 bits per heavy atom. The molecule has 114 valence electrons. The van der Waals surface area contributed by atoms with Crippen molar-refractivity contribution in [3.63, 3.8) is 0 Å². The molecular weight excluding hydrogens is 300 g/mol. The van der Waals surface area contributed by atoms with Gasteiger partial charge >= 0.3 is 0 Å². The SMILES string of the molecule is CN(CCn1ccnc1)Cc1c(Cl)c2ccccc2[nH]c1=O. The Morgan fingerprint density at radius 2 is 2.18 bits per heavy atom. The lowest BCUT2D eigenvalue weighted by Crippen LogP contribution is -2.26. The number of halogens is 1. The number of hydrogen-bond acceptors (Lipinski definition) is 3. The molecule has 3 rings (SSSR count). The van der Waals surface area contributed by atoms with Crippen LogP contribution in [0.4, 0.5) is 0 Å². The molecule has 22 heavy (non-hydrogen) atoms. The Balaban J connectivity index is 1.79. The fourth-order valence-electron chi connectivity index (χ4n) is 2.44. The summed E-state index contributed by atoms with van der Waals surface area (Å²) in [6, 6.07) is 7.57. The first-order chi connectivity index (χ1) is 10.6. The average molecular weight is 317 g/mol. The molecule has 5 nitrogen and oxygen atoms in total. The topological polar surface area (TPSA) is 53.9 Å². The number of fused-ring (bicyclic) bond motifs is 1. The molecule has 0 saturated carbocycles. The van der Waals surface area contributed by atoms with Crippen LogP contribution in [0.25, 0.3) is 10.9 Å².